The molecule has 0 saturated heterocycles. The fourth-order valence-electron chi connectivity index (χ4n) is 2.62. The number of anilines is 1. The molecule has 0 fully saturated rings. The molecule has 0 aliphatic rings. The summed E-state index contributed by atoms with van der Waals surface area (Å²) < 4.78 is 57.8. The normalized spacial score (nSPS) is 11.8. The van der Waals surface area contributed by atoms with Crippen LogP contribution in [0, 0.1) is 10.1 Å². The zero-order valence-corrected chi connectivity index (χ0v) is 22.0. The van der Waals surface area contributed by atoms with Gasteiger partial charge in [0, 0.05) is 28.1 Å². The molecule has 0 unspecified atom stereocenters. The van der Waals surface area contributed by atoms with E-state index in [-0.39, 0.29) is 25.8 Å². The fraction of sp³-hybridized carbons (Fsp3) is 0.0526. The average molecular weight is 641 g/mol. The van der Waals surface area contributed by atoms with Crippen LogP contribution in [0.5, 0.6) is 5.75 Å². The van der Waals surface area contributed by atoms with Crippen LogP contribution in [-0.4, -0.2) is 28.8 Å². The third kappa shape index (κ3) is 5.49. The fourth-order valence-corrected chi connectivity index (χ4v) is 6.10. The summed E-state index contributed by atoms with van der Waals surface area (Å²) >= 11 is 12.2. The summed E-state index contributed by atoms with van der Waals surface area (Å²) in [5.41, 5.74) is -0.248. The van der Waals surface area contributed by atoms with Crippen LogP contribution in [-0.2, 0) is 20.1 Å². The Bertz CT molecular complexity index is 1430. The number of benzene rings is 3. The van der Waals surface area contributed by atoms with Gasteiger partial charge >= 0.3 is 10.1 Å². The summed E-state index contributed by atoms with van der Waals surface area (Å²) in [6.45, 7) is 0. The van der Waals surface area contributed by atoms with Crippen molar-refractivity contribution in [1.29, 1.82) is 0 Å². The third-order valence-electron chi connectivity index (χ3n) is 4.34. The number of halogens is 3. The van der Waals surface area contributed by atoms with Gasteiger partial charge in [0.15, 0.2) is 0 Å². The van der Waals surface area contributed by atoms with E-state index in [1.807, 2.05) is 0 Å². The molecule has 33 heavy (non-hydrogen) atoms. The molecule has 0 saturated carbocycles. The van der Waals surface area contributed by atoms with Crippen molar-refractivity contribution < 1.29 is 25.9 Å². The first-order chi connectivity index (χ1) is 15.3. The first kappa shape index (κ1) is 25.4. The number of hydrogen-bond donors (Lipinski definition) is 0. The van der Waals surface area contributed by atoms with Crippen molar-refractivity contribution in [2.75, 3.05) is 11.4 Å². The van der Waals surface area contributed by atoms with Gasteiger partial charge in [0.25, 0.3) is 15.7 Å². The quantitative estimate of drug-likeness (QED) is 0.193. The van der Waals surface area contributed by atoms with E-state index in [9.17, 15) is 26.9 Å². The average Bonchev–Trinajstić information content (AvgIpc) is 2.75. The van der Waals surface area contributed by atoms with Gasteiger partial charge in [-0.2, -0.15) is 8.42 Å². The lowest BCUT2D eigenvalue weighted by atomic mass is 10.3. The number of nitro groups is 1. The summed E-state index contributed by atoms with van der Waals surface area (Å²) in [4.78, 5) is 9.76. The van der Waals surface area contributed by atoms with Gasteiger partial charge in [0.1, 0.15) is 10.6 Å². The van der Waals surface area contributed by atoms with Gasteiger partial charge in [-0.25, -0.2) is 8.42 Å². The number of sulfonamides is 1. The zero-order chi connectivity index (χ0) is 24.6. The van der Waals surface area contributed by atoms with E-state index in [1.165, 1.54) is 43.4 Å². The van der Waals surface area contributed by atoms with Gasteiger partial charge in [0.2, 0.25) is 0 Å². The van der Waals surface area contributed by atoms with Crippen LogP contribution >= 0.6 is 43.5 Å². The van der Waals surface area contributed by atoms with Gasteiger partial charge in [-0.05, 0) is 64.5 Å². The maximum Gasteiger partial charge on any atom is 0.341 e. The van der Waals surface area contributed by atoms with E-state index in [0.717, 1.165) is 20.9 Å². The Hall–Kier alpha value is -2.19. The van der Waals surface area contributed by atoms with Crippen molar-refractivity contribution in [3.8, 4) is 5.75 Å². The van der Waals surface area contributed by atoms with E-state index < -0.39 is 35.6 Å². The van der Waals surface area contributed by atoms with Crippen molar-refractivity contribution >= 4 is 75.0 Å². The monoisotopic (exact) mass is 638 g/mol. The van der Waals surface area contributed by atoms with E-state index in [2.05, 4.69) is 31.9 Å². The minimum absolute atomic E-state index is 0.00987. The van der Waals surface area contributed by atoms with E-state index >= 15 is 0 Å². The summed E-state index contributed by atoms with van der Waals surface area (Å²) in [6, 6.07) is 13.1. The number of hydrogen-bond acceptors (Lipinski definition) is 7. The minimum Gasteiger partial charge on any atom is -0.379 e. The van der Waals surface area contributed by atoms with Crippen LogP contribution in [0.2, 0.25) is 5.02 Å². The van der Waals surface area contributed by atoms with Crippen LogP contribution in [0.4, 0.5) is 11.4 Å². The highest BCUT2D eigenvalue weighted by Crippen LogP contribution is 2.35. The zero-order valence-electron chi connectivity index (χ0n) is 16.5. The number of non-ortho nitro benzene ring substituents is 1. The van der Waals surface area contributed by atoms with Gasteiger partial charge in [-0.15, -0.1) is 0 Å². The summed E-state index contributed by atoms with van der Waals surface area (Å²) in [5.74, 6) is -0.146. The minimum atomic E-state index is -4.53. The Morgan fingerprint density at radius 2 is 1.55 bits per heavy atom. The molecular formula is C19H13Br2ClN2O7S2. The first-order valence-electron chi connectivity index (χ1n) is 8.75. The van der Waals surface area contributed by atoms with Crippen molar-refractivity contribution in [3.63, 3.8) is 0 Å². The molecule has 0 radical (unpaired) electrons. The molecule has 0 aliphatic heterocycles. The third-order valence-corrected chi connectivity index (χ3v) is 9.31. The molecule has 0 aliphatic carbocycles. The van der Waals surface area contributed by atoms with Gasteiger partial charge in [0.05, 0.1) is 20.5 Å². The predicted molar refractivity (Wildman–Crippen MR) is 130 cm³/mol. The predicted octanol–water partition coefficient (Wildman–Crippen LogP) is 5.37. The topological polar surface area (TPSA) is 124 Å². The van der Waals surface area contributed by atoms with Crippen molar-refractivity contribution in [2.24, 2.45) is 0 Å². The Morgan fingerprint density at radius 3 is 2.09 bits per heavy atom. The Balaban J connectivity index is 1.88. The van der Waals surface area contributed by atoms with Crippen LogP contribution < -0.4 is 8.49 Å². The molecule has 0 N–H and O–H groups in total. The summed E-state index contributed by atoms with van der Waals surface area (Å²) in [5, 5.41) is 10.8. The molecule has 0 atom stereocenters. The van der Waals surface area contributed by atoms with Crippen LogP contribution in [0.15, 0.2) is 79.4 Å². The summed E-state index contributed by atoms with van der Waals surface area (Å²) in [6.07, 6.45) is 0. The van der Waals surface area contributed by atoms with Crippen LogP contribution in [0.1, 0.15) is 0 Å². The second-order valence-electron chi connectivity index (χ2n) is 6.45. The molecular weight excluding hydrogens is 628 g/mol. The smallest absolute Gasteiger partial charge is 0.341 e. The molecule has 3 rings (SSSR count). The molecule has 14 heteroatoms. The Labute approximate surface area is 211 Å². The lowest BCUT2D eigenvalue weighted by Crippen LogP contribution is -2.26. The number of nitrogens with zero attached hydrogens (tertiary/aromatic N) is 2. The second-order valence-corrected chi connectivity index (χ2v) is 12.1. The largest absolute Gasteiger partial charge is 0.379 e. The van der Waals surface area contributed by atoms with E-state index in [0.29, 0.717) is 0 Å². The highest BCUT2D eigenvalue weighted by Gasteiger charge is 2.27. The number of nitro benzene ring substituents is 1. The maximum atomic E-state index is 12.8. The molecule has 0 heterocycles. The SMILES string of the molecule is CN(c1ccc(OS(=O)(=O)c2cc([N+](=O)[O-])cc(Br)c2Cl)cc1)S(=O)(=O)c1ccc(Br)cc1. The van der Waals surface area contributed by atoms with Crippen molar-refractivity contribution in [2.45, 2.75) is 9.79 Å². The van der Waals surface area contributed by atoms with E-state index in [4.69, 9.17) is 15.8 Å². The number of rotatable bonds is 7. The second kappa shape index (κ2) is 9.58. The molecule has 3 aromatic rings. The van der Waals surface area contributed by atoms with Crippen LogP contribution in [0.3, 0.4) is 0 Å². The summed E-state index contributed by atoms with van der Waals surface area (Å²) in [7, 11) is -7.04. The van der Waals surface area contributed by atoms with Crippen molar-refractivity contribution in [1.82, 2.24) is 0 Å². The van der Waals surface area contributed by atoms with E-state index in [1.54, 1.807) is 12.1 Å². The first-order valence-corrected chi connectivity index (χ1v) is 13.6. The molecule has 174 valence electrons. The molecule has 0 bridgehead atoms. The van der Waals surface area contributed by atoms with Crippen LogP contribution in [0.25, 0.3) is 0 Å². The standard InChI is InChI=1S/C19H13Br2ClN2O7S2/c1-23(32(27,28)16-8-2-12(20)3-9-16)13-4-6-15(7-5-13)31-33(29,30)18-11-14(24(25)26)10-17(21)19(18)22/h2-11H,1H3. The molecule has 9 nitrogen and oxygen atoms in total. The molecule has 0 aromatic heterocycles. The lowest BCUT2D eigenvalue weighted by molar-refractivity contribution is -0.385. The highest BCUT2D eigenvalue weighted by molar-refractivity contribution is 9.10. The molecule has 3 aromatic carbocycles. The van der Waals surface area contributed by atoms with Gasteiger partial charge < -0.3 is 4.18 Å². The molecule has 0 spiro atoms. The Morgan fingerprint density at radius 1 is 0.970 bits per heavy atom. The highest BCUT2D eigenvalue weighted by atomic mass is 79.9. The Kier molecular flexibility index (Phi) is 7.39. The lowest BCUT2D eigenvalue weighted by Gasteiger charge is -2.20. The van der Waals surface area contributed by atoms with Gasteiger partial charge in [-0.3, -0.25) is 14.4 Å². The molecule has 0 amide bonds. The van der Waals surface area contributed by atoms with Gasteiger partial charge in [-0.1, -0.05) is 27.5 Å². The maximum absolute atomic E-state index is 12.8. The van der Waals surface area contributed by atoms with Crippen molar-refractivity contribution in [3.05, 3.63) is 84.7 Å².